The molecule has 2 heteroatoms. The summed E-state index contributed by atoms with van der Waals surface area (Å²) < 4.78 is 0. The van der Waals surface area contributed by atoms with Gasteiger partial charge in [0.25, 0.3) is 0 Å². The second-order valence-electron chi connectivity index (χ2n) is 7.47. The van der Waals surface area contributed by atoms with E-state index in [2.05, 4.69) is 38.0 Å². The Balaban J connectivity index is 2.18. The van der Waals surface area contributed by atoms with Crippen LogP contribution in [0.5, 0.6) is 0 Å². The Hall–Kier alpha value is -0.0800. The highest BCUT2D eigenvalue weighted by atomic mass is 15.2. The summed E-state index contributed by atoms with van der Waals surface area (Å²) in [5.41, 5.74) is 0.394. The Kier molecular flexibility index (Phi) is 6.55. The lowest BCUT2D eigenvalue weighted by atomic mass is 9.69. The highest BCUT2D eigenvalue weighted by Crippen LogP contribution is 2.41. The van der Waals surface area contributed by atoms with Crippen molar-refractivity contribution < 1.29 is 0 Å². The highest BCUT2D eigenvalue weighted by molar-refractivity contribution is 5.03. The molecular weight excluding hydrogens is 256 g/mol. The number of nitrogens with one attached hydrogen (secondary N) is 1. The van der Waals surface area contributed by atoms with Gasteiger partial charge in [-0.05, 0) is 70.5 Å². The first-order valence-corrected chi connectivity index (χ1v) is 9.64. The average molecular weight is 295 g/mol. The minimum atomic E-state index is 0.394. The Bertz CT molecular complexity index is 292. The molecule has 1 saturated heterocycles. The summed E-state index contributed by atoms with van der Waals surface area (Å²) in [5, 5.41) is 3.79. The fourth-order valence-corrected chi connectivity index (χ4v) is 5.45. The molecule has 3 atom stereocenters. The van der Waals surface area contributed by atoms with Gasteiger partial charge >= 0.3 is 0 Å². The molecular formula is C19H38N2. The Morgan fingerprint density at radius 1 is 1.05 bits per heavy atom. The summed E-state index contributed by atoms with van der Waals surface area (Å²) in [4.78, 5) is 2.84. The Morgan fingerprint density at radius 3 is 2.24 bits per heavy atom. The van der Waals surface area contributed by atoms with Gasteiger partial charge in [0.2, 0.25) is 0 Å². The summed E-state index contributed by atoms with van der Waals surface area (Å²) in [5.74, 6) is 1.86. The van der Waals surface area contributed by atoms with Crippen molar-refractivity contribution in [1.29, 1.82) is 0 Å². The molecule has 124 valence electrons. The molecule has 0 spiro atoms. The second kappa shape index (κ2) is 7.97. The molecule has 2 aliphatic rings. The van der Waals surface area contributed by atoms with E-state index in [1.807, 2.05) is 0 Å². The van der Waals surface area contributed by atoms with E-state index in [0.717, 1.165) is 11.8 Å². The van der Waals surface area contributed by atoms with Gasteiger partial charge in [0, 0.05) is 11.6 Å². The predicted octanol–water partition coefficient (Wildman–Crippen LogP) is 4.45. The maximum absolute atomic E-state index is 3.79. The van der Waals surface area contributed by atoms with Crippen molar-refractivity contribution in [3.8, 4) is 0 Å². The SMILES string of the molecule is CCC1CCCC(C(NC)C(CC)(CC)N2CCCC2)C1. The van der Waals surface area contributed by atoms with E-state index in [1.165, 1.54) is 70.9 Å². The third-order valence-electron chi connectivity index (χ3n) is 6.72. The van der Waals surface area contributed by atoms with Crippen molar-refractivity contribution in [2.45, 2.75) is 90.1 Å². The van der Waals surface area contributed by atoms with Crippen LogP contribution in [0.3, 0.4) is 0 Å². The van der Waals surface area contributed by atoms with Crippen molar-refractivity contribution in [3.05, 3.63) is 0 Å². The summed E-state index contributed by atoms with van der Waals surface area (Å²) in [7, 11) is 2.22. The zero-order valence-corrected chi connectivity index (χ0v) is 15.0. The van der Waals surface area contributed by atoms with Crippen LogP contribution in [0.25, 0.3) is 0 Å². The van der Waals surface area contributed by atoms with Crippen LogP contribution >= 0.6 is 0 Å². The van der Waals surface area contributed by atoms with Crippen LogP contribution in [0.1, 0.15) is 78.6 Å². The molecule has 2 rings (SSSR count). The summed E-state index contributed by atoms with van der Waals surface area (Å²) >= 11 is 0. The van der Waals surface area contributed by atoms with Crippen molar-refractivity contribution >= 4 is 0 Å². The fourth-order valence-electron chi connectivity index (χ4n) is 5.45. The summed E-state index contributed by atoms with van der Waals surface area (Å²) in [6, 6.07) is 0.681. The summed E-state index contributed by atoms with van der Waals surface area (Å²) in [6.45, 7) is 9.88. The molecule has 0 aromatic heterocycles. The number of likely N-dealkylation sites (N-methyl/N-ethyl adjacent to an activating group) is 1. The largest absolute Gasteiger partial charge is 0.315 e. The molecule has 1 aliphatic heterocycles. The van der Waals surface area contributed by atoms with Crippen molar-refractivity contribution in [2.75, 3.05) is 20.1 Å². The monoisotopic (exact) mass is 294 g/mol. The van der Waals surface area contributed by atoms with E-state index in [1.54, 1.807) is 0 Å². The Morgan fingerprint density at radius 2 is 1.71 bits per heavy atom. The average Bonchev–Trinajstić information content (AvgIpc) is 3.07. The van der Waals surface area contributed by atoms with Crippen LogP contribution in [0.4, 0.5) is 0 Å². The first-order valence-electron chi connectivity index (χ1n) is 9.64. The van der Waals surface area contributed by atoms with Gasteiger partial charge < -0.3 is 5.32 Å². The van der Waals surface area contributed by atoms with Crippen LogP contribution < -0.4 is 5.32 Å². The van der Waals surface area contributed by atoms with E-state index in [9.17, 15) is 0 Å². The summed E-state index contributed by atoms with van der Waals surface area (Å²) in [6.07, 6.45) is 12.6. The molecule has 0 radical (unpaired) electrons. The number of rotatable bonds is 7. The van der Waals surface area contributed by atoms with E-state index in [-0.39, 0.29) is 0 Å². The van der Waals surface area contributed by atoms with Crippen LogP contribution in [0.2, 0.25) is 0 Å². The van der Waals surface area contributed by atoms with Crippen LogP contribution in [0, 0.1) is 11.8 Å². The third-order valence-corrected chi connectivity index (χ3v) is 6.72. The van der Waals surface area contributed by atoms with Gasteiger partial charge in [0.15, 0.2) is 0 Å². The standard InChI is InChI=1S/C19H38N2/c1-5-16-11-10-12-17(15-16)18(20-4)19(6-2,7-3)21-13-8-9-14-21/h16-18,20H,5-15H2,1-4H3. The Labute approximate surface area is 133 Å². The third kappa shape index (κ3) is 3.47. The highest BCUT2D eigenvalue weighted by Gasteiger charge is 2.45. The molecule has 0 aromatic carbocycles. The zero-order chi connectivity index (χ0) is 15.3. The van der Waals surface area contributed by atoms with Crippen LogP contribution in [-0.2, 0) is 0 Å². The lowest BCUT2D eigenvalue weighted by molar-refractivity contribution is 0.0254. The molecule has 0 amide bonds. The van der Waals surface area contributed by atoms with Gasteiger partial charge in [-0.3, -0.25) is 4.90 Å². The van der Waals surface area contributed by atoms with E-state index < -0.39 is 0 Å². The zero-order valence-electron chi connectivity index (χ0n) is 15.0. The minimum absolute atomic E-state index is 0.394. The molecule has 1 aliphatic carbocycles. The minimum Gasteiger partial charge on any atom is -0.315 e. The van der Waals surface area contributed by atoms with Crippen molar-refractivity contribution in [2.24, 2.45) is 11.8 Å². The van der Waals surface area contributed by atoms with E-state index in [4.69, 9.17) is 0 Å². The maximum atomic E-state index is 3.79. The molecule has 2 fully saturated rings. The first kappa shape index (κ1) is 17.3. The van der Waals surface area contributed by atoms with E-state index >= 15 is 0 Å². The molecule has 0 bridgehead atoms. The van der Waals surface area contributed by atoms with Crippen molar-refractivity contribution in [1.82, 2.24) is 10.2 Å². The van der Waals surface area contributed by atoms with Gasteiger partial charge in [0.05, 0.1) is 0 Å². The fraction of sp³-hybridized carbons (Fsp3) is 1.00. The van der Waals surface area contributed by atoms with Gasteiger partial charge in [-0.15, -0.1) is 0 Å². The molecule has 1 saturated carbocycles. The van der Waals surface area contributed by atoms with Gasteiger partial charge in [0.1, 0.15) is 0 Å². The number of nitrogens with zero attached hydrogens (tertiary/aromatic N) is 1. The topological polar surface area (TPSA) is 15.3 Å². The lowest BCUT2D eigenvalue weighted by Gasteiger charge is -2.51. The van der Waals surface area contributed by atoms with Gasteiger partial charge in [-0.2, -0.15) is 0 Å². The van der Waals surface area contributed by atoms with Gasteiger partial charge in [-0.25, -0.2) is 0 Å². The quantitative estimate of drug-likeness (QED) is 0.746. The smallest absolute Gasteiger partial charge is 0.0359 e. The van der Waals surface area contributed by atoms with Crippen LogP contribution in [-0.4, -0.2) is 36.6 Å². The number of hydrogen-bond donors (Lipinski definition) is 1. The molecule has 3 unspecified atom stereocenters. The second-order valence-corrected chi connectivity index (χ2v) is 7.47. The molecule has 21 heavy (non-hydrogen) atoms. The normalized spacial score (nSPS) is 29.7. The van der Waals surface area contributed by atoms with E-state index in [0.29, 0.717) is 11.6 Å². The molecule has 1 heterocycles. The molecule has 1 N–H and O–H groups in total. The van der Waals surface area contributed by atoms with Crippen LogP contribution in [0.15, 0.2) is 0 Å². The molecule has 0 aromatic rings. The predicted molar refractivity (Wildman–Crippen MR) is 92.7 cm³/mol. The maximum Gasteiger partial charge on any atom is 0.0359 e. The molecule has 2 nitrogen and oxygen atoms in total. The van der Waals surface area contributed by atoms with Gasteiger partial charge in [-0.1, -0.05) is 40.0 Å². The lowest BCUT2D eigenvalue weighted by Crippen LogP contribution is -2.62. The first-order chi connectivity index (χ1) is 10.2. The number of likely N-dealkylation sites (tertiary alicyclic amines) is 1. The van der Waals surface area contributed by atoms with Crippen molar-refractivity contribution in [3.63, 3.8) is 0 Å². The number of hydrogen-bond acceptors (Lipinski definition) is 2.